The second-order valence-electron chi connectivity index (χ2n) is 11.1. The van der Waals surface area contributed by atoms with Gasteiger partial charge in [0.15, 0.2) is 6.29 Å². The van der Waals surface area contributed by atoms with E-state index in [2.05, 4.69) is 35.9 Å². The molecule has 3 aromatic rings. The molecule has 1 amide bonds. The molecule has 5 rings (SSSR count). The number of alkyl carbamates (subject to hydrolysis) is 1. The summed E-state index contributed by atoms with van der Waals surface area (Å²) in [6.07, 6.45) is 0.731. The van der Waals surface area contributed by atoms with Gasteiger partial charge in [-0.05, 0) is 40.3 Å². The number of carbonyl (C=O) groups excluding carboxylic acids is 1. The van der Waals surface area contributed by atoms with Crippen LogP contribution in [-0.4, -0.2) is 59.7 Å². The molecular formula is C34H40N2O6. The van der Waals surface area contributed by atoms with Gasteiger partial charge in [0, 0.05) is 37.7 Å². The molecule has 222 valence electrons. The van der Waals surface area contributed by atoms with E-state index in [0.29, 0.717) is 13.1 Å². The monoisotopic (exact) mass is 572 g/mol. The summed E-state index contributed by atoms with van der Waals surface area (Å²) in [4.78, 5) is 14.1. The van der Waals surface area contributed by atoms with Gasteiger partial charge < -0.3 is 29.7 Å². The quantitative estimate of drug-likeness (QED) is 0.290. The van der Waals surface area contributed by atoms with Gasteiger partial charge in [0.2, 0.25) is 0 Å². The van der Waals surface area contributed by atoms with Crippen molar-refractivity contribution in [1.82, 2.24) is 10.2 Å². The number of benzene rings is 3. The van der Waals surface area contributed by atoms with E-state index in [0.717, 1.165) is 52.9 Å². The molecule has 0 radical (unpaired) electrons. The fraction of sp³-hybridized carbons (Fsp3) is 0.382. The molecule has 0 bridgehead atoms. The zero-order chi connectivity index (χ0) is 29.5. The number of hydrogen-bond acceptors (Lipinski definition) is 7. The Hall–Kier alpha value is -3.53. The Balaban J connectivity index is 1.32. The molecule has 2 fully saturated rings. The summed E-state index contributed by atoms with van der Waals surface area (Å²) < 4.78 is 18.2. The lowest BCUT2D eigenvalue weighted by Crippen LogP contribution is -2.44. The maximum atomic E-state index is 11.8. The molecule has 8 heteroatoms. The maximum Gasteiger partial charge on any atom is 0.407 e. The summed E-state index contributed by atoms with van der Waals surface area (Å²) in [6.45, 7) is 8.48. The molecule has 8 nitrogen and oxygen atoms in total. The average Bonchev–Trinajstić information content (AvgIpc) is 3.44. The first kappa shape index (κ1) is 29.9. The molecule has 0 spiro atoms. The Morgan fingerprint density at radius 3 is 2.50 bits per heavy atom. The van der Waals surface area contributed by atoms with Gasteiger partial charge in [-0.2, -0.15) is 0 Å². The Labute approximate surface area is 247 Å². The summed E-state index contributed by atoms with van der Waals surface area (Å²) >= 11 is 0. The van der Waals surface area contributed by atoms with Crippen LogP contribution >= 0.6 is 0 Å². The topological polar surface area (TPSA) is 100 Å². The van der Waals surface area contributed by atoms with Gasteiger partial charge in [-0.3, -0.25) is 4.90 Å². The van der Waals surface area contributed by atoms with Crippen molar-refractivity contribution in [2.24, 2.45) is 5.92 Å². The number of aliphatic hydroxyl groups is 2. The highest BCUT2D eigenvalue weighted by Gasteiger charge is 2.39. The number of nitrogens with one attached hydrogen (secondary N) is 1. The van der Waals surface area contributed by atoms with E-state index in [1.807, 2.05) is 60.7 Å². The third kappa shape index (κ3) is 7.45. The van der Waals surface area contributed by atoms with E-state index in [-0.39, 0.29) is 37.4 Å². The summed E-state index contributed by atoms with van der Waals surface area (Å²) in [7, 11) is 0. The van der Waals surface area contributed by atoms with Crippen molar-refractivity contribution in [3.05, 3.63) is 108 Å². The molecule has 3 N–H and O–H groups in total. The van der Waals surface area contributed by atoms with E-state index in [1.54, 1.807) is 0 Å². The molecule has 0 unspecified atom stereocenters. The molecule has 0 saturated carbocycles. The first-order chi connectivity index (χ1) is 20.4. The number of aliphatic hydroxyl groups excluding tert-OH is 2. The van der Waals surface area contributed by atoms with Gasteiger partial charge in [0.05, 0.1) is 24.9 Å². The number of carbonyl (C=O) groups is 1. The van der Waals surface area contributed by atoms with Crippen LogP contribution in [0.5, 0.6) is 0 Å². The molecule has 2 aliphatic rings. The van der Waals surface area contributed by atoms with E-state index in [4.69, 9.17) is 14.2 Å². The smallest absolute Gasteiger partial charge is 0.407 e. The zero-order valence-corrected chi connectivity index (χ0v) is 24.0. The van der Waals surface area contributed by atoms with E-state index in [9.17, 15) is 15.0 Å². The van der Waals surface area contributed by atoms with Gasteiger partial charge in [-0.25, -0.2) is 4.79 Å². The van der Waals surface area contributed by atoms with Crippen LogP contribution in [0.4, 0.5) is 4.79 Å². The number of hydrogen-bond donors (Lipinski definition) is 3. The first-order valence-electron chi connectivity index (χ1n) is 14.6. The number of nitrogens with zero attached hydrogens (tertiary/aromatic N) is 1. The predicted octanol–water partition coefficient (Wildman–Crippen LogP) is 5.12. The molecule has 0 aliphatic carbocycles. The minimum absolute atomic E-state index is 0.00104. The minimum atomic E-state index is -0.549. The Kier molecular flexibility index (Phi) is 10.0. The second kappa shape index (κ2) is 14.1. The highest BCUT2D eigenvalue weighted by atomic mass is 16.7. The fourth-order valence-electron chi connectivity index (χ4n) is 5.61. The SMILES string of the molecule is C=CCOC(=O)NCc1cccc(-c2ccc([C@@H]3O[C@H](CN4CC[C@H](O)C4)[C@H](C)[C@H](c4ccc(CO)cc4)O3)cc2)c1. The number of rotatable bonds is 10. The summed E-state index contributed by atoms with van der Waals surface area (Å²) in [5.41, 5.74) is 5.88. The predicted molar refractivity (Wildman–Crippen MR) is 160 cm³/mol. The molecule has 3 aromatic carbocycles. The van der Waals surface area contributed by atoms with Gasteiger partial charge in [-0.15, -0.1) is 0 Å². The summed E-state index contributed by atoms with van der Waals surface area (Å²) in [6, 6.07) is 24.1. The van der Waals surface area contributed by atoms with Crippen molar-refractivity contribution in [2.75, 3.05) is 26.2 Å². The second-order valence-corrected chi connectivity index (χ2v) is 11.1. The first-order valence-corrected chi connectivity index (χ1v) is 14.6. The lowest BCUT2D eigenvalue weighted by molar-refractivity contribution is -0.276. The normalized spacial score (nSPS) is 24.3. The van der Waals surface area contributed by atoms with Crippen molar-refractivity contribution >= 4 is 6.09 Å². The van der Waals surface area contributed by atoms with Crippen LogP contribution in [0, 0.1) is 5.92 Å². The number of ether oxygens (including phenoxy) is 3. The minimum Gasteiger partial charge on any atom is -0.445 e. The standard InChI is InChI=1S/C34H40N2O6/c1-3-17-40-34(39)35-19-25-5-4-6-29(18-25)26-11-13-28(14-12-26)33-41-31(21-36-16-15-30(38)20-36)23(2)32(42-33)27-9-7-24(22-37)8-10-27/h3-14,18,23,30-33,37-38H,1,15-17,19-22H2,2H3,(H,35,39)/t23-,30-,31+,32+,33+/m0/s1. The molecule has 0 aromatic heterocycles. The van der Waals surface area contributed by atoms with Crippen molar-refractivity contribution in [1.29, 1.82) is 0 Å². The largest absolute Gasteiger partial charge is 0.445 e. The third-order valence-electron chi connectivity index (χ3n) is 8.02. The van der Waals surface area contributed by atoms with E-state index >= 15 is 0 Å². The van der Waals surface area contributed by atoms with Gasteiger partial charge in [-0.1, -0.05) is 86.3 Å². The molecule has 42 heavy (non-hydrogen) atoms. The lowest BCUT2D eigenvalue weighted by Gasteiger charge is -2.42. The summed E-state index contributed by atoms with van der Waals surface area (Å²) in [5, 5.41) is 22.3. The van der Waals surface area contributed by atoms with Crippen molar-refractivity contribution in [3.8, 4) is 11.1 Å². The van der Waals surface area contributed by atoms with Gasteiger partial charge >= 0.3 is 6.09 Å². The van der Waals surface area contributed by atoms with Crippen LogP contribution in [0.2, 0.25) is 0 Å². The highest BCUT2D eigenvalue weighted by molar-refractivity contribution is 5.68. The van der Waals surface area contributed by atoms with Crippen LogP contribution in [0.25, 0.3) is 11.1 Å². The van der Waals surface area contributed by atoms with Gasteiger partial charge in [0.1, 0.15) is 6.61 Å². The zero-order valence-electron chi connectivity index (χ0n) is 24.0. The average molecular weight is 573 g/mol. The lowest BCUT2D eigenvalue weighted by atomic mass is 9.90. The molecule has 2 saturated heterocycles. The van der Waals surface area contributed by atoms with Crippen LogP contribution in [-0.2, 0) is 27.4 Å². The van der Waals surface area contributed by atoms with Crippen molar-refractivity contribution in [2.45, 2.75) is 51.1 Å². The fourth-order valence-corrected chi connectivity index (χ4v) is 5.61. The van der Waals surface area contributed by atoms with Crippen LogP contribution in [0.15, 0.2) is 85.5 Å². The van der Waals surface area contributed by atoms with Crippen molar-refractivity contribution < 1.29 is 29.2 Å². The highest BCUT2D eigenvalue weighted by Crippen LogP contribution is 2.42. The van der Waals surface area contributed by atoms with Crippen LogP contribution in [0.1, 0.15) is 48.0 Å². The number of amides is 1. The maximum absolute atomic E-state index is 11.8. The Morgan fingerprint density at radius 2 is 1.81 bits per heavy atom. The van der Waals surface area contributed by atoms with Crippen LogP contribution in [0.3, 0.4) is 0 Å². The molecule has 2 heterocycles. The van der Waals surface area contributed by atoms with E-state index in [1.165, 1.54) is 6.08 Å². The number of likely N-dealkylation sites (tertiary alicyclic amines) is 1. The molecule has 5 atom stereocenters. The molecule has 2 aliphatic heterocycles. The summed E-state index contributed by atoms with van der Waals surface area (Å²) in [5.74, 6) is 0.0867. The number of β-amino-alcohol motifs (C(OH)–C–C–N with tert-alkyl or cyclic N) is 1. The van der Waals surface area contributed by atoms with Crippen LogP contribution < -0.4 is 5.32 Å². The molecular weight excluding hydrogens is 532 g/mol. The Morgan fingerprint density at radius 1 is 1.05 bits per heavy atom. The van der Waals surface area contributed by atoms with E-state index < -0.39 is 12.4 Å². The van der Waals surface area contributed by atoms with Gasteiger partial charge in [0.25, 0.3) is 0 Å². The Bertz CT molecular complexity index is 1330. The van der Waals surface area contributed by atoms with Crippen molar-refractivity contribution in [3.63, 3.8) is 0 Å². The third-order valence-corrected chi connectivity index (χ3v) is 8.02.